The lowest BCUT2D eigenvalue weighted by molar-refractivity contribution is -0.131. The van der Waals surface area contributed by atoms with Gasteiger partial charge in [-0.1, -0.05) is 35.5 Å². The van der Waals surface area contributed by atoms with Crippen LogP contribution in [0.4, 0.5) is 0 Å². The van der Waals surface area contributed by atoms with E-state index in [1.807, 2.05) is 49.1 Å². The van der Waals surface area contributed by atoms with Crippen LogP contribution >= 0.6 is 0 Å². The highest BCUT2D eigenvalue weighted by molar-refractivity contribution is 5.76. The van der Waals surface area contributed by atoms with Gasteiger partial charge in [-0.05, 0) is 20.3 Å². The smallest absolute Gasteiger partial charge is 0.222 e. The summed E-state index contributed by atoms with van der Waals surface area (Å²) in [6.07, 6.45) is 1.85. The standard InChI is InChI=1S/C20H23N5O2/c1-14-17(15(2)27-23-14)8-9-19(26)24-11-10-18-21-22-20(25(18)13-12-24)16-6-4-3-5-7-16/h3-7H,8-13H2,1-2H3. The van der Waals surface area contributed by atoms with Crippen LogP contribution in [0.25, 0.3) is 11.4 Å². The number of rotatable bonds is 4. The fourth-order valence-corrected chi connectivity index (χ4v) is 3.62. The van der Waals surface area contributed by atoms with Crippen molar-refractivity contribution in [1.82, 2.24) is 24.8 Å². The molecule has 0 fully saturated rings. The summed E-state index contributed by atoms with van der Waals surface area (Å²) in [6, 6.07) is 10.1. The van der Waals surface area contributed by atoms with Crippen LogP contribution in [-0.4, -0.2) is 43.8 Å². The second kappa shape index (κ2) is 7.34. The molecule has 2 aromatic heterocycles. The van der Waals surface area contributed by atoms with Crippen molar-refractivity contribution in [2.45, 2.75) is 39.7 Å². The molecule has 0 aliphatic carbocycles. The van der Waals surface area contributed by atoms with Gasteiger partial charge in [-0.15, -0.1) is 10.2 Å². The Balaban J connectivity index is 1.43. The van der Waals surface area contributed by atoms with Crippen molar-refractivity contribution in [3.63, 3.8) is 0 Å². The van der Waals surface area contributed by atoms with Gasteiger partial charge in [-0.2, -0.15) is 0 Å². The van der Waals surface area contributed by atoms with Crippen LogP contribution in [-0.2, 0) is 24.2 Å². The second-order valence-electron chi connectivity index (χ2n) is 6.89. The fourth-order valence-electron chi connectivity index (χ4n) is 3.62. The predicted molar refractivity (Wildman–Crippen MR) is 100 cm³/mol. The van der Waals surface area contributed by atoms with Crippen molar-refractivity contribution in [3.8, 4) is 11.4 Å². The second-order valence-corrected chi connectivity index (χ2v) is 6.89. The molecule has 1 aromatic carbocycles. The zero-order valence-electron chi connectivity index (χ0n) is 15.7. The van der Waals surface area contributed by atoms with Crippen molar-refractivity contribution in [2.24, 2.45) is 0 Å². The Kier molecular flexibility index (Phi) is 4.75. The molecule has 0 saturated carbocycles. The molecule has 3 heterocycles. The van der Waals surface area contributed by atoms with E-state index >= 15 is 0 Å². The van der Waals surface area contributed by atoms with Crippen LogP contribution in [0, 0.1) is 13.8 Å². The summed E-state index contributed by atoms with van der Waals surface area (Å²) in [4.78, 5) is 14.7. The molecule has 7 nitrogen and oxygen atoms in total. The lowest BCUT2D eigenvalue weighted by Crippen LogP contribution is -2.33. The van der Waals surface area contributed by atoms with Crippen LogP contribution in [0.2, 0.25) is 0 Å². The molecule has 1 aliphatic rings. The molecular weight excluding hydrogens is 342 g/mol. The maximum Gasteiger partial charge on any atom is 0.222 e. The first-order valence-corrected chi connectivity index (χ1v) is 9.30. The zero-order valence-corrected chi connectivity index (χ0v) is 15.7. The average molecular weight is 365 g/mol. The van der Waals surface area contributed by atoms with Gasteiger partial charge in [0, 0.05) is 43.6 Å². The van der Waals surface area contributed by atoms with Gasteiger partial charge in [-0.25, -0.2) is 0 Å². The highest BCUT2D eigenvalue weighted by Crippen LogP contribution is 2.21. The summed E-state index contributed by atoms with van der Waals surface area (Å²) < 4.78 is 7.32. The van der Waals surface area contributed by atoms with Crippen molar-refractivity contribution in [1.29, 1.82) is 0 Å². The Labute approximate surface area is 158 Å². The number of benzene rings is 1. The molecule has 7 heteroatoms. The quantitative estimate of drug-likeness (QED) is 0.710. The molecule has 0 saturated heterocycles. The Morgan fingerprint density at radius 1 is 1.11 bits per heavy atom. The number of nitrogens with zero attached hydrogens (tertiary/aromatic N) is 5. The summed E-state index contributed by atoms with van der Waals surface area (Å²) in [5.41, 5.74) is 2.96. The summed E-state index contributed by atoms with van der Waals surface area (Å²) in [5.74, 6) is 2.77. The minimum atomic E-state index is 0.162. The molecular formula is C20H23N5O2. The fraction of sp³-hybridized carbons (Fsp3) is 0.400. The lowest BCUT2D eigenvalue weighted by atomic mass is 10.1. The minimum absolute atomic E-state index is 0.162. The van der Waals surface area contributed by atoms with Crippen LogP contribution in [0.5, 0.6) is 0 Å². The number of aromatic nitrogens is 4. The van der Waals surface area contributed by atoms with Gasteiger partial charge < -0.3 is 14.0 Å². The number of carbonyl (C=O) groups is 1. The van der Waals surface area contributed by atoms with Crippen LogP contribution < -0.4 is 0 Å². The maximum absolute atomic E-state index is 12.7. The van der Waals surface area contributed by atoms with E-state index in [1.54, 1.807) is 0 Å². The molecule has 0 atom stereocenters. The van der Waals surface area contributed by atoms with Gasteiger partial charge in [0.2, 0.25) is 5.91 Å². The number of aryl methyl sites for hydroxylation is 2. The first kappa shape index (κ1) is 17.5. The van der Waals surface area contributed by atoms with Crippen molar-refractivity contribution in [3.05, 3.63) is 53.2 Å². The number of fused-ring (bicyclic) bond motifs is 1. The average Bonchev–Trinajstić information content (AvgIpc) is 3.16. The van der Waals surface area contributed by atoms with E-state index in [4.69, 9.17) is 4.52 Å². The first-order chi connectivity index (χ1) is 13.1. The molecule has 140 valence electrons. The third-order valence-electron chi connectivity index (χ3n) is 5.18. The Bertz CT molecular complexity index is 925. The van der Waals surface area contributed by atoms with Gasteiger partial charge in [0.15, 0.2) is 5.82 Å². The van der Waals surface area contributed by atoms with Gasteiger partial charge >= 0.3 is 0 Å². The minimum Gasteiger partial charge on any atom is -0.361 e. The third kappa shape index (κ3) is 3.49. The van der Waals surface area contributed by atoms with E-state index in [9.17, 15) is 4.79 Å². The molecule has 4 rings (SSSR count). The SMILES string of the molecule is Cc1noc(C)c1CCC(=O)N1CCc2nnc(-c3ccccc3)n2CC1. The highest BCUT2D eigenvalue weighted by atomic mass is 16.5. The van der Waals surface area contributed by atoms with Gasteiger partial charge in [0.25, 0.3) is 0 Å². The summed E-state index contributed by atoms with van der Waals surface area (Å²) in [6.45, 7) is 5.87. The Hall–Kier alpha value is -2.96. The predicted octanol–water partition coefficient (Wildman–Crippen LogP) is 2.57. The highest BCUT2D eigenvalue weighted by Gasteiger charge is 2.22. The van der Waals surface area contributed by atoms with Crippen LogP contribution in [0.1, 0.15) is 29.3 Å². The van der Waals surface area contributed by atoms with Crippen molar-refractivity contribution < 1.29 is 9.32 Å². The monoisotopic (exact) mass is 365 g/mol. The summed E-state index contributed by atoms with van der Waals surface area (Å²) in [5, 5.41) is 12.7. The maximum atomic E-state index is 12.7. The molecule has 27 heavy (non-hydrogen) atoms. The van der Waals surface area contributed by atoms with E-state index in [-0.39, 0.29) is 5.91 Å². The molecule has 0 spiro atoms. The van der Waals surface area contributed by atoms with Crippen LogP contribution in [0.3, 0.4) is 0 Å². The van der Waals surface area contributed by atoms with Crippen molar-refractivity contribution in [2.75, 3.05) is 13.1 Å². The van der Waals surface area contributed by atoms with Crippen LogP contribution in [0.15, 0.2) is 34.9 Å². The molecule has 0 unspecified atom stereocenters. The number of hydrogen-bond donors (Lipinski definition) is 0. The zero-order chi connectivity index (χ0) is 18.8. The molecule has 1 amide bonds. The number of carbonyl (C=O) groups excluding carboxylic acids is 1. The Morgan fingerprint density at radius 3 is 2.67 bits per heavy atom. The third-order valence-corrected chi connectivity index (χ3v) is 5.18. The van der Waals surface area contributed by atoms with Crippen molar-refractivity contribution >= 4 is 5.91 Å². The van der Waals surface area contributed by atoms with Gasteiger partial charge in [-0.3, -0.25) is 4.79 Å². The first-order valence-electron chi connectivity index (χ1n) is 9.30. The molecule has 1 aliphatic heterocycles. The van der Waals surface area contributed by atoms with E-state index in [2.05, 4.69) is 19.9 Å². The normalized spacial score (nSPS) is 14.1. The number of hydrogen-bond acceptors (Lipinski definition) is 5. The molecule has 3 aromatic rings. The molecule has 0 bridgehead atoms. The lowest BCUT2D eigenvalue weighted by Gasteiger charge is -2.20. The van der Waals surface area contributed by atoms with Gasteiger partial charge in [0.1, 0.15) is 11.6 Å². The molecule has 0 N–H and O–H groups in total. The number of amides is 1. The topological polar surface area (TPSA) is 77.1 Å². The largest absolute Gasteiger partial charge is 0.361 e. The Morgan fingerprint density at radius 2 is 1.93 bits per heavy atom. The van der Waals surface area contributed by atoms with E-state index < -0.39 is 0 Å². The van der Waals surface area contributed by atoms with E-state index in [0.717, 1.165) is 40.7 Å². The molecule has 0 radical (unpaired) electrons. The summed E-state index contributed by atoms with van der Waals surface area (Å²) >= 11 is 0. The van der Waals surface area contributed by atoms with E-state index in [0.29, 0.717) is 32.5 Å². The summed E-state index contributed by atoms with van der Waals surface area (Å²) in [7, 11) is 0. The van der Waals surface area contributed by atoms with Gasteiger partial charge in [0.05, 0.1) is 5.69 Å². The van der Waals surface area contributed by atoms with E-state index in [1.165, 1.54) is 0 Å².